The SMILES string of the molecule is COCc1c(C(=O)Nc2ccc(Cl)cc2)nnn1-c1ccc(Cl)cc1. The molecule has 25 heavy (non-hydrogen) atoms. The van der Waals surface area contributed by atoms with E-state index in [9.17, 15) is 4.79 Å². The van der Waals surface area contributed by atoms with Gasteiger partial charge in [-0.15, -0.1) is 5.10 Å². The van der Waals surface area contributed by atoms with E-state index in [1.165, 1.54) is 0 Å². The van der Waals surface area contributed by atoms with E-state index in [1.807, 2.05) is 0 Å². The Morgan fingerprint density at radius 1 is 1.08 bits per heavy atom. The second-order valence-electron chi connectivity index (χ2n) is 5.17. The van der Waals surface area contributed by atoms with Gasteiger partial charge in [0.05, 0.1) is 12.3 Å². The zero-order chi connectivity index (χ0) is 17.8. The molecule has 0 bridgehead atoms. The second-order valence-corrected chi connectivity index (χ2v) is 6.04. The van der Waals surface area contributed by atoms with Gasteiger partial charge in [0.2, 0.25) is 0 Å². The number of ether oxygens (including phenoxy) is 1. The number of nitrogens with zero attached hydrogens (tertiary/aromatic N) is 3. The van der Waals surface area contributed by atoms with Crippen LogP contribution in [0.25, 0.3) is 5.69 Å². The van der Waals surface area contributed by atoms with Crippen molar-refractivity contribution in [3.8, 4) is 5.69 Å². The third-order valence-corrected chi connectivity index (χ3v) is 3.94. The molecule has 0 saturated heterocycles. The largest absolute Gasteiger partial charge is 0.378 e. The van der Waals surface area contributed by atoms with E-state index in [-0.39, 0.29) is 18.2 Å². The monoisotopic (exact) mass is 376 g/mol. The number of methoxy groups -OCH3 is 1. The van der Waals surface area contributed by atoms with Gasteiger partial charge in [0, 0.05) is 22.8 Å². The Balaban J connectivity index is 1.91. The van der Waals surface area contributed by atoms with Crippen LogP contribution < -0.4 is 5.32 Å². The molecule has 0 fully saturated rings. The van der Waals surface area contributed by atoms with Gasteiger partial charge in [-0.25, -0.2) is 4.68 Å². The van der Waals surface area contributed by atoms with Gasteiger partial charge in [-0.2, -0.15) is 0 Å². The predicted molar refractivity (Wildman–Crippen MR) is 96.5 cm³/mol. The van der Waals surface area contributed by atoms with Crippen molar-refractivity contribution in [3.05, 3.63) is 70.0 Å². The molecule has 0 aliphatic rings. The standard InChI is InChI=1S/C17H14Cl2N4O2/c1-25-10-15-16(17(24)20-13-6-2-11(18)3-7-13)21-22-23(15)14-8-4-12(19)5-9-14/h2-9H,10H2,1H3,(H,20,24). The van der Waals surface area contributed by atoms with Crippen LogP contribution in [0, 0.1) is 0 Å². The van der Waals surface area contributed by atoms with Crippen molar-refractivity contribution in [2.45, 2.75) is 6.61 Å². The molecular weight excluding hydrogens is 363 g/mol. The molecule has 8 heteroatoms. The van der Waals surface area contributed by atoms with Gasteiger partial charge in [0.1, 0.15) is 5.69 Å². The lowest BCUT2D eigenvalue weighted by Crippen LogP contribution is -2.16. The van der Waals surface area contributed by atoms with Gasteiger partial charge in [0.15, 0.2) is 5.69 Å². The van der Waals surface area contributed by atoms with Gasteiger partial charge in [-0.3, -0.25) is 4.79 Å². The molecule has 3 rings (SSSR count). The summed E-state index contributed by atoms with van der Waals surface area (Å²) in [6, 6.07) is 13.9. The number of hydrogen-bond acceptors (Lipinski definition) is 4. The van der Waals surface area contributed by atoms with Crippen LogP contribution in [0.15, 0.2) is 48.5 Å². The van der Waals surface area contributed by atoms with Crippen LogP contribution in [-0.2, 0) is 11.3 Å². The molecule has 1 N–H and O–H groups in total. The highest BCUT2D eigenvalue weighted by molar-refractivity contribution is 6.30. The van der Waals surface area contributed by atoms with Gasteiger partial charge >= 0.3 is 0 Å². The Kier molecular flexibility index (Phi) is 5.33. The molecule has 0 unspecified atom stereocenters. The van der Waals surface area contributed by atoms with Gasteiger partial charge < -0.3 is 10.1 Å². The number of rotatable bonds is 5. The maximum Gasteiger partial charge on any atom is 0.278 e. The van der Waals surface area contributed by atoms with E-state index < -0.39 is 0 Å². The van der Waals surface area contributed by atoms with E-state index >= 15 is 0 Å². The molecule has 1 aromatic heterocycles. The predicted octanol–water partition coefficient (Wildman–Crippen LogP) is 3.97. The number of amides is 1. The number of aromatic nitrogens is 3. The topological polar surface area (TPSA) is 69.0 Å². The first-order valence-corrected chi connectivity index (χ1v) is 8.10. The fourth-order valence-corrected chi connectivity index (χ4v) is 2.51. The molecule has 2 aromatic carbocycles. The third-order valence-electron chi connectivity index (χ3n) is 3.43. The van der Waals surface area contributed by atoms with Crippen LogP contribution in [0.2, 0.25) is 10.0 Å². The van der Waals surface area contributed by atoms with E-state index in [2.05, 4.69) is 15.6 Å². The zero-order valence-electron chi connectivity index (χ0n) is 13.2. The summed E-state index contributed by atoms with van der Waals surface area (Å²) in [7, 11) is 1.54. The fraction of sp³-hybridized carbons (Fsp3) is 0.118. The second kappa shape index (κ2) is 7.65. The molecule has 1 heterocycles. The van der Waals surface area contributed by atoms with E-state index in [1.54, 1.807) is 60.3 Å². The smallest absolute Gasteiger partial charge is 0.278 e. The molecule has 0 saturated carbocycles. The summed E-state index contributed by atoms with van der Waals surface area (Å²) >= 11 is 11.8. The summed E-state index contributed by atoms with van der Waals surface area (Å²) in [6.07, 6.45) is 0. The Bertz CT molecular complexity index is 877. The van der Waals surface area contributed by atoms with Crippen LogP contribution in [0.3, 0.4) is 0 Å². The summed E-state index contributed by atoms with van der Waals surface area (Å²) in [4.78, 5) is 12.6. The fourth-order valence-electron chi connectivity index (χ4n) is 2.26. The molecule has 0 radical (unpaired) electrons. The highest BCUT2D eigenvalue weighted by Crippen LogP contribution is 2.19. The minimum absolute atomic E-state index is 0.180. The van der Waals surface area contributed by atoms with Crippen molar-refractivity contribution in [2.75, 3.05) is 12.4 Å². The highest BCUT2D eigenvalue weighted by Gasteiger charge is 2.20. The first-order valence-electron chi connectivity index (χ1n) is 7.35. The summed E-state index contributed by atoms with van der Waals surface area (Å²) in [5, 5.41) is 12.0. The molecule has 6 nitrogen and oxygen atoms in total. The number of carbonyl (C=O) groups is 1. The lowest BCUT2D eigenvalue weighted by Gasteiger charge is -2.08. The average Bonchev–Trinajstić information content (AvgIpc) is 3.02. The van der Waals surface area contributed by atoms with Gasteiger partial charge in [-0.1, -0.05) is 28.4 Å². The molecule has 128 valence electrons. The summed E-state index contributed by atoms with van der Waals surface area (Å²) in [5.74, 6) is -0.380. The van der Waals surface area contributed by atoms with Crippen LogP contribution in [0.4, 0.5) is 5.69 Å². The first-order chi connectivity index (χ1) is 12.1. The zero-order valence-corrected chi connectivity index (χ0v) is 14.8. The van der Waals surface area contributed by atoms with Crippen LogP contribution in [-0.4, -0.2) is 28.0 Å². The summed E-state index contributed by atoms with van der Waals surface area (Å²) in [5.41, 5.74) is 2.07. The molecule has 1 amide bonds. The van der Waals surface area contributed by atoms with Crippen molar-refractivity contribution in [1.29, 1.82) is 0 Å². The normalized spacial score (nSPS) is 10.7. The quantitative estimate of drug-likeness (QED) is 0.731. The lowest BCUT2D eigenvalue weighted by molar-refractivity contribution is 0.101. The number of benzene rings is 2. The molecule has 0 aliphatic carbocycles. The number of hydrogen-bond donors (Lipinski definition) is 1. The highest BCUT2D eigenvalue weighted by atomic mass is 35.5. The lowest BCUT2D eigenvalue weighted by atomic mass is 10.2. The minimum atomic E-state index is -0.380. The molecule has 0 spiro atoms. The van der Waals surface area contributed by atoms with Crippen molar-refractivity contribution in [3.63, 3.8) is 0 Å². The minimum Gasteiger partial charge on any atom is -0.378 e. The Hall–Kier alpha value is -2.41. The van der Waals surface area contributed by atoms with Crippen LogP contribution in [0.1, 0.15) is 16.2 Å². The third kappa shape index (κ3) is 3.99. The molecular formula is C17H14Cl2N4O2. The van der Waals surface area contributed by atoms with Gasteiger partial charge in [-0.05, 0) is 48.5 Å². The van der Waals surface area contributed by atoms with Crippen molar-refractivity contribution in [2.24, 2.45) is 0 Å². The molecule has 0 aliphatic heterocycles. The van der Waals surface area contributed by atoms with Crippen molar-refractivity contribution >= 4 is 34.8 Å². The van der Waals surface area contributed by atoms with E-state index in [0.717, 1.165) is 5.69 Å². The number of carbonyl (C=O) groups excluding carboxylic acids is 1. The molecule has 3 aromatic rings. The maximum atomic E-state index is 12.6. The van der Waals surface area contributed by atoms with E-state index in [0.29, 0.717) is 21.4 Å². The Morgan fingerprint density at radius 3 is 2.28 bits per heavy atom. The van der Waals surface area contributed by atoms with Crippen molar-refractivity contribution < 1.29 is 9.53 Å². The first kappa shape index (κ1) is 17.4. The Labute approximate surface area is 154 Å². The van der Waals surface area contributed by atoms with Crippen LogP contribution in [0.5, 0.6) is 0 Å². The summed E-state index contributed by atoms with van der Waals surface area (Å²) in [6.45, 7) is 0.180. The number of anilines is 1. The number of halogens is 2. The van der Waals surface area contributed by atoms with Crippen molar-refractivity contribution in [1.82, 2.24) is 15.0 Å². The summed E-state index contributed by atoms with van der Waals surface area (Å²) < 4.78 is 6.76. The Morgan fingerprint density at radius 2 is 1.68 bits per heavy atom. The number of nitrogens with one attached hydrogen (secondary N) is 1. The maximum absolute atomic E-state index is 12.6. The van der Waals surface area contributed by atoms with E-state index in [4.69, 9.17) is 27.9 Å². The average molecular weight is 377 g/mol. The van der Waals surface area contributed by atoms with Gasteiger partial charge in [0.25, 0.3) is 5.91 Å². The molecule has 0 atom stereocenters. The van der Waals surface area contributed by atoms with Crippen LogP contribution >= 0.6 is 23.2 Å².